The van der Waals surface area contributed by atoms with Crippen LogP contribution in [0.2, 0.25) is 0 Å². The van der Waals surface area contributed by atoms with Gasteiger partial charge in [-0.15, -0.1) is 0 Å². The van der Waals surface area contributed by atoms with Crippen molar-refractivity contribution in [2.24, 2.45) is 0 Å². The molecule has 0 atom stereocenters. The second-order valence-corrected chi connectivity index (χ2v) is 3.72. The van der Waals surface area contributed by atoms with E-state index in [9.17, 15) is 0 Å². The molecule has 11 heavy (non-hydrogen) atoms. The summed E-state index contributed by atoms with van der Waals surface area (Å²) in [5, 5.41) is 1.31. The molecule has 0 fully saturated rings. The van der Waals surface area contributed by atoms with Crippen molar-refractivity contribution in [1.29, 1.82) is 0 Å². The average Bonchev–Trinajstić information content (AvgIpc) is 2.06. The number of rotatable bonds is 0. The number of nitrogens with zero attached hydrogens (tertiary/aromatic N) is 1. The number of hydrogen-bond donors (Lipinski definition) is 0. The number of hydrogen-bond acceptors (Lipinski definition) is 1. The first-order chi connectivity index (χ1) is 5.38. The van der Waals surface area contributed by atoms with Gasteiger partial charge in [0, 0.05) is 0 Å². The molecular weight excluding hydrogens is 145 g/mol. The van der Waals surface area contributed by atoms with Gasteiger partial charge in [-0.3, -0.25) is 0 Å². The van der Waals surface area contributed by atoms with Gasteiger partial charge in [-0.1, -0.05) is 0 Å². The Bertz CT molecular complexity index is 379. The molecule has 1 aromatic carbocycles. The van der Waals surface area contributed by atoms with Gasteiger partial charge in [-0.25, -0.2) is 0 Å². The summed E-state index contributed by atoms with van der Waals surface area (Å²) in [6, 6.07) is 10.4. The maximum absolute atomic E-state index is 4.26. The number of pyridine rings is 1. The van der Waals surface area contributed by atoms with E-state index >= 15 is 0 Å². The SMILES string of the molecule is [Na][c]1ccnc2ccccc12. The zero-order valence-electron chi connectivity index (χ0n) is 6.41. The zero-order valence-corrected chi connectivity index (χ0v) is 8.41. The minimum atomic E-state index is 1.10. The topological polar surface area (TPSA) is 12.9 Å². The van der Waals surface area contributed by atoms with Crippen LogP contribution >= 0.6 is 0 Å². The molecule has 0 saturated heterocycles. The van der Waals surface area contributed by atoms with Crippen LogP contribution < -0.4 is 2.81 Å². The van der Waals surface area contributed by atoms with Gasteiger partial charge >= 0.3 is 83.2 Å². The van der Waals surface area contributed by atoms with E-state index in [1.54, 1.807) is 0 Å². The van der Waals surface area contributed by atoms with Gasteiger partial charge < -0.3 is 0 Å². The monoisotopic (exact) mass is 151 g/mol. The fraction of sp³-hybridized carbons (Fsp3) is 0. The Morgan fingerprint density at radius 3 is 2.73 bits per heavy atom. The Hall–Kier alpha value is -0.370. The number of aromatic nitrogens is 1. The molecule has 0 saturated carbocycles. The summed E-state index contributed by atoms with van der Waals surface area (Å²) < 4.78 is 1.43. The fourth-order valence-electron chi connectivity index (χ4n) is 1.24. The van der Waals surface area contributed by atoms with E-state index < -0.39 is 0 Å². The molecule has 0 radical (unpaired) electrons. The third kappa shape index (κ3) is 1.32. The molecule has 2 heteroatoms. The van der Waals surface area contributed by atoms with Crippen molar-refractivity contribution in [1.82, 2.24) is 4.98 Å². The Labute approximate surface area is 82.9 Å². The molecule has 1 nitrogen and oxygen atoms in total. The normalized spacial score (nSPS) is 10.4. The first-order valence-corrected chi connectivity index (χ1v) is 4.68. The predicted octanol–water partition coefficient (Wildman–Crippen LogP) is 1.03. The van der Waals surface area contributed by atoms with Crippen LogP contribution in [0.3, 0.4) is 0 Å². The summed E-state index contributed by atoms with van der Waals surface area (Å²) in [6.45, 7) is 0. The van der Waals surface area contributed by atoms with Crippen molar-refractivity contribution in [2.45, 2.75) is 0 Å². The molecule has 1 aromatic heterocycles. The molecule has 2 aromatic rings. The van der Waals surface area contributed by atoms with Crippen molar-refractivity contribution >= 4 is 41.6 Å². The van der Waals surface area contributed by atoms with Crippen molar-refractivity contribution in [3.05, 3.63) is 36.5 Å². The molecule has 0 aliphatic rings. The summed E-state index contributed by atoms with van der Waals surface area (Å²) in [4.78, 5) is 4.26. The van der Waals surface area contributed by atoms with E-state index in [1.165, 1.54) is 8.20 Å². The minimum absolute atomic E-state index is 1.10. The second-order valence-electron chi connectivity index (χ2n) is 2.64. The molecule has 0 amide bonds. The predicted molar refractivity (Wildman–Crippen MR) is 47.1 cm³/mol. The average molecular weight is 151 g/mol. The molecular formula is C9H6NNa. The van der Waals surface area contributed by atoms with Crippen molar-refractivity contribution < 1.29 is 0 Å². The molecule has 0 aliphatic carbocycles. The Morgan fingerprint density at radius 1 is 1.09 bits per heavy atom. The second kappa shape index (κ2) is 2.94. The summed E-state index contributed by atoms with van der Waals surface area (Å²) in [7, 11) is 0. The number of para-hydroxylation sites is 1. The molecule has 1 heterocycles. The van der Waals surface area contributed by atoms with Gasteiger partial charge in [0.05, 0.1) is 0 Å². The van der Waals surface area contributed by atoms with E-state index in [-0.39, 0.29) is 0 Å². The van der Waals surface area contributed by atoms with E-state index in [4.69, 9.17) is 0 Å². The number of benzene rings is 1. The maximum atomic E-state index is 4.26. The van der Waals surface area contributed by atoms with E-state index in [0.717, 1.165) is 33.4 Å². The Balaban J connectivity index is 2.91. The van der Waals surface area contributed by atoms with Crippen LogP contribution in [0.4, 0.5) is 0 Å². The third-order valence-electron chi connectivity index (χ3n) is 1.87. The molecule has 2 rings (SSSR count). The molecule has 0 N–H and O–H groups in total. The van der Waals surface area contributed by atoms with Gasteiger partial charge in [0.15, 0.2) is 0 Å². The van der Waals surface area contributed by atoms with Crippen LogP contribution in [0.5, 0.6) is 0 Å². The van der Waals surface area contributed by atoms with Crippen molar-refractivity contribution in [3.63, 3.8) is 0 Å². The third-order valence-corrected chi connectivity index (χ3v) is 2.74. The van der Waals surface area contributed by atoms with Crippen LogP contribution in [0.15, 0.2) is 36.5 Å². The Morgan fingerprint density at radius 2 is 1.91 bits per heavy atom. The van der Waals surface area contributed by atoms with Crippen LogP contribution in [-0.2, 0) is 0 Å². The van der Waals surface area contributed by atoms with E-state index in [2.05, 4.69) is 29.2 Å². The van der Waals surface area contributed by atoms with E-state index in [1.807, 2.05) is 12.3 Å². The summed E-state index contributed by atoms with van der Waals surface area (Å²) in [6.07, 6.45) is 1.88. The van der Waals surface area contributed by atoms with Gasteiger partial charge in [0.25, 0.3) is 0 Å². The molecule has 0 unspecified atom stereocenters. The van der Waals surface area contributed by atoms with Crippen molar-refractivity contribution in [3.8, 4) is 0 Å². The van der Waals surface area contributed by atoms with Gasteiger partial charge in [-0.2, -0.15) is 0 Å². The summed E-state index contributed by atoms with van der Waals surface area (Å²) in [5.41, 5.74) is 1.11. The van der Waals surface area contributed by atoms with Crippen molar-refractivity contribution in [2.75, 3.05) is 0 Å². The van der Waals surface area contributed by atoms with Crippen LogP contribution in [0, 0.1) is 0 Å². The molecule has 0 spiro atoms. The first kappa shape index (κ1) is 7.29. The van der Waals surface area contributed by atoms with Gasteiger partial charge in [0.1, 0.15) is 0 Å². The molecule has 48 valence electrons. The van der Waals surface area contributed by atoms with Gasteiger partial charge in [-0.05, 0) is 0 Å². The fourth-order valence-corrected chi connectivity index (χ4v) is 1.81. The quantitative estimate of drug-likeness (QED) is 0.512. The molecule has 0 aliphatic heterocycles. The van der Waals surface area contributed by atoms with E-state index in [0.29, 0.717) is 0 Å². The van der Waals surface area contributed by atoms with Crippen LogP contribution in [-0.4, -0.2) is 32.9 Å². The number of fused-ring (bicyclic) bond motifs is 1. The Kier molecular flexibility index (Phi) is 1.95. The zero-order chi connectivity index (χ0) is 7.68. The van der Waals surface area contributed by atoms with Crippen LogP contribution in [0.25, 0.3) is 10.9 Å². The summed E-state index contributed by atoms with van der Waals surface area (Å²) in [5.74, 6) is 0. The standard InChI is InChI=1S/C9H6N.Na/c1-2-6-9-8(4-1)5-3-7-10-9;/h1-4,6-7H;. The molecule has 0 bridgehead atoms. The van der Waals surface area contributed by atoms with Gasteiger partial charge in [0.2, 0.25) is 0 Å². The first-order valence-electron chi connectivity index (χ1n) is 3.68. The summed E-state index contributed by atoms with van der Waals surface area (Å²) >= 11 is 1.10. The van der Waals surface area contributed by atoms with Crippen LogP contribution in [0.1, 0.15) is 0 Å².